The van der Waals surface area contributed by atoms with Gasteiger partial charge in [-0.2, -0.15) is 0 Å². The maximum atomic E-state index is 5.15. The molecule has 4 heteroatoms. The van der Waals surface area contributed by atoms with Crippen LogP contribution in [0.5, 0.6) is 0 Å². The van der Waals surface area contributed by atoms with E-state index in [4.69, 9.17) is 15.0 Å². The number of fused-ring (bicyclic) bond motifs is 7. The van der Waals surface area contributed by atoms with Crippen LogP contribution in [-0.2, 0) is 0 Å². The molecule has 0 fully saturated rings. The molecule has 10 aromatic rings. The van der Waals surface area contributed by atoms with E-state index >= 15 is 0 Å². The molecule has 0 unspecified atom stereocenters. The third kappa shape index (κ3) is 5.09. The summed E-state index contributed by atoms with van der Waals surface area (Å²) >= 11 is 0. The standard InChI is InChI=1S/C48H30N4/c1-3-14-31(15-4-1)46-50-47(32-16-5-2-6-17-32)52-48(51-46)35-29-33(36-26-27-49-44-25-12-11-21-41(36)44)28-34(30-35)37-23-13-24-43-40-19-8-7-18-38(40)39-20-9-10-22-42(39)45(37)43/h1-30H. The molecule has 0 saturated heterocycles. The molecule has 4 nitrogen and oxygen atoms in total. The van der Waals surface area contributed by atoms with Gasteiger partial charge in [-0.25, -0.2) is 15.0 Å². The monoisotopic (exact) mass is 662 g/mol. The van der Waals surface area contributed by atoms with Crippen molar-refractivity contribution in [3.8, 4) is 56.4 Å². The first-order valence-electron chi connectivity index (χ1n) is 17.5. The number of hydrogen-bond acceptors (Lipinski definition) is 4. The molecular weight excluding hydrogens is 633 g/mol. The molecule has 0 amide bonds. The minimum Gasteiger partial charge on any atom is -0.256 e. The van der Waals surface area contributed by atoms with Crippen LogP contribution in [0.3, 0.4) is 0 Å². The number of hydrogen-bond donors (Lipinski definition) is 0. The minimum absolute atomic E-state index is 0.615. The van der Waals surface area contributed by atoms with Gasteiger partial charge in [0.2, 0.25) is 0 Å². The third-order valence-electron chi connectivity index (χ3n) is 9.93. The average Bonchev–Trinajstić information content (AvgIpc) is 3.23. The average molecular weight is 663 g/mol. The van der Waals surface area contributed by atoms with E-state index < -0.39 is 0 Å². The van der Waals surface area contributed by atoms with Gasteiger partial charge in [0.25, 0.3) is 0 Å². The van der Waals surface area contributed by atoms with E-state index in [1.54, 1.807) is 0 Å². The molecule has 0 aliphatic carbocycles. The lowest BCUT2D eigenvalue weighted by atomic mass is 9.88. The molecule has 10 rings (SSSR count). The van der Waals surface area contributed by atoms with Crippen molar-refractivity contribution in [1.29, 1.82) is 0 Å². The Kier molecular flexibility index (Phi) is 7.10. The van der Waals surface area contributed by atoms with Crippen LogP contribution in [0, 0.1) is 0 Å². The van der Waals surface area contributed by atoms with Crippen molar-refractivity contribution in [2.24, 2.45) is 0 Å². The summed E-state index contributed by atoms with van der Waals surface area (Å²) in [6.45, 7) is 0. The first-order chi connectivity index (χ1) is 25.8. The molecule has 0 aliphatic heterocycles. The van der Waals surface area contributed by atoms with Crippen LogP contribution in [0.25, 0.3) is 99.6 Å². The highest BCUT2D eigenvalue weighted by Crippen LogP contribution is 2.42. The molecule has 0 N–H and O–H groups in total. The lowest BCUT2D eigenvalue weighted by Gasteiger charge is -2.17. The van der Waals surface area contributed by atoms with Crippen molar-refractivity contribution < 1.29 is 0 Å². The lowest BCUT2D eigenvalue weighted by molar-refractivity contribution is 1.07. The minimum atomic E-state index is 0.615. The predicted octanol–water partition coefficient (Wildman–Crippen LogP) is 12.2. The number of benzene rings is 8. The molecule has 2 aromatic heterocycles. The van der Waals surface area contributed by atoms with Crippen LogP contribution in [0.4, 0.5) is 0 Å². The van der Waals surface area contributed by atoms with Gasteiger partial charge >= 0.3 is 0 Å². The topological polar surface area (TPSA) is 51.6 Å². The summed E-state index contributed by atoms with van der Waals surface area (Å²) in [4.78, 5) is 20.0. The zero-order valence-corrected chi connectivity index (χ0v) is 28.1. The van der Waals surface area contributed by atoms with Crippen LogP contribution in [0.1, 0.15) is 0 Å². The fraction of sp³-hybridized carbons (Fsp3) is 0. The first-order valence-corrected chi connectivity index (χ1v) is 17.5. The quantitative estimate of drug-likeness (QED) is 0.172. The number of para-hydroxylation sites is 1. The summed E-state index contributed by atoms with van der Waals surface area (Å²) in [7, 11) is 0. The summed E-state index contributed by atoms with van der Waals surface area (Å²) in [6.07, 6.45) is 1.89. The summed E-state index contributed by atoms with van der Waals surface area (Å²) in [5.41, 5.74) is 8.14. The predicted molar refractivity (Wildman–Crippen MR) is 215 cm³/mol. The van der Waals surface area contributed by atoms with Crippen molar-refractivity contribution in [1.82, 2.24) is 19.9 Å². The van der Waals surface area contributed by atoms with E-state index in [0.717, 1.165) is 49.8 Å². The van der Waals surface area contributed by atoms with E-state index in [1.165, 1.54) is 32.3 Å². The largest absolute Gasteiger partial charge is 0.256 e. The van der Waals surface area contributed by atoms with Crippen molar-refractivity contribution in [3.05, 3.63) is 182 Å². The summed E-state index contributed by atoms with van der Waals surface area (Å²) < 4.78 is 0. The Hall–Kier alpha value is -7.04. The number of rotatable bonds is 5. The Balaban J connectivity index is 1.29. The zero-order valence-electron chi connectivity index (χ0n) is 28.1. The van der Waals surface area contributed by atoms with E-state index in [0.29, 0.717) is 17.5 Å². The number of nitrogens with zero attached hydrogens (tertiary/aromatic N) is 4. The molecule has 0 radical (unpaired) electrons. The fourth-order valence-electron chi connectivity index (χ4n) is 7.55. The Bertz CT molecular complexity index is 2850. The zero-order chi connectivity index (χ0) is 34.4. The van der Waals surface area contributed by atoms with Gasteiger partial charge in [0.1, 0.15) is 0 Å². The number of aromatic nitrogens is 4. The summed E-state index contributed by atoms with van der Waals surface area (Å²) in [5, 5.41) is 8.52. The van der Waals surface area contributed by atoms with Gasteiger partial charge in [0.05, 0.1) is 5.52 Å². The molecule has 242 valence electrons. The van der Waals surface area contributed by atoms with Crippen LogP contribution < -0.4 is 0 Å². The SMILES string of the molecule is c1ccc(-c2nc(-c3ccccc3)nc(-c3cc(-c4ccnc5ccccc45)cc(-c4cccc5c6ccccc6c6ccccc6c45)c3)n2)cc1. The van der Waals surface area contributed by atoms with Gasteiger partial charge in [-0.3, -0.25) is 4.98 Å². The highest BCUT2D eigenvalue weighted by atomic mass is 15.0. The van der Waals surface area contributed by atoms with E-state index in [-0.39, 0.29) is 0 Å². The van der Waals surface area contributed by atoms with Gasteiger partial charge in [0.15, 0.2) is 17.5 Å². The Morgan fingerprint density at radius 2 is 0.731 bits per heavy atom. The summed E-state index contributed by atoms with van der Waals surface area (Å²) in [5.74, 6) is 1.88. The van der Waals surface area contributed by atoms with E-state index in [9.17, 15) is 0 Å². The fourth-order valence-corrected chi connectivity index (χ4v) is 7.55. The molecule has 0 bridgehead atoms. The van der Waals surface area contributed by atoms with E-state index in [2.05, 4.69) is 114 Å². The molecule has 0 spiro atoms. The molecule has 2 heterocycles. The van der Waals surface area contributed by atoms with Crippen molar-refractivity contribution in [2.75, 3.05) is 0 Å². The van der Waals surface area contributed by atoms with Crippen LogP contribution in [-0.4, -0.2) is 19.9 Å². The Morgan fingerprint density at radius 3 is 1.35 bits per heavy atom. The smallest absolute Gasteiger partial charge is 0.164 e. The molecule has 8 aromatic carbocycles. The summed E-state index contributed by atoms with van der Waals surface area (Å²) in [6, 6.07) is 61.6. The highest BCUT2D eigenvalue weighted by Gasteiger charge is 2.18. The van der Waals surface area contributed by atoms with E-state index in [1.807, 2.05) is 72.9 Å². The number of pyridine rings is 1. The second-order valence-electron chi connectivity index (χ2n) is 13.0. The van der Waals surface area contributed by atoms with Crippen molar-refractivity contribution in [3.63, 3.8) is 0 Å². The molecule has 0 atom stereocenters. The second-order valence-corrected chi connectivity index (χ2v) is 13.0. The highest BCUT2D eigenvalue weighted by molar-refractivity contribution is 6.28. The first kappa shape index (κ1) is 29.8. The Labute approximate surface area is 300 Å². The van der Waals surface area contributed by atoms with Crippen LogP contribution in [0.15, 0.2) is 182 Å². The molecule has 0 saturated carbocycles. The molecule has 0 aliphatic rings. The van der Waals surface area contributed by atoms with Gasteiger partial charge in [0, 0.05) is 28.3 Å². The van der Waals surface area contributed by atoms with Crippen molar-refractivity contribution in [2.45, 2.75) is 0 Å². The van der Waals surface area contributed by atoms with Gasteiger partial charge in [-0.05, 0) is 84.9 Å². The van der Waals surface area contributed by atoms with Gasteiger partial charge in [-0.1, -0.05) is 146 Å². The van der Waals surface area contributed by atoms with Gasteiger partial charge in [-0.15, -0.1) is 0 Å². The maximum absolute atomic E-state index is 5.15. The lowest BCUT2D eigenvalue weighted by Crippen LogP contribution is -2.00. The van der Waals surface area contributed by atoms with Gasteiger partial charge < -0.3 is 0 Å². The molecular formula is C48H30N4. The Morgan fingerprint density at radius 1 is 0.288 bits per heavy atom. The molecule has 52 heavy (non-hydrogen) atoms. The van der Waals surface area contributed by atoms with Crippen molar-refractivity contribution >= 4 is 43.2 Å². The maximum Gasteiger partial charge on any atom is 0.164 e. The van der Waals surface area contributed by atoms with Crippen LogP contribution >= 0.6 is 0 Å². The third-order valence-corrected chi connectivity index (χ3v) is 9.93. The van der Waals surface area contributed by atoms with Crippen LogP contribution in [0.2, 0.25) is 0 Å². The normalized spacial score (nSPS) is 11.5. The second kappa shape index (κ2) is 12.4.